The molecule has 1 fully saturated rings. The van der Waals surface area contributed by atoms with Gasteiger partial charge in [-0.25, -0.2) is 0 Å². The average molecular weight is 603 g/mol. The summed E-state index contributed by atoms with van der Waals surface area (Å²) in [6.07, 6.45) is 0.910. The van der Waals surface area contributed by atoms with Crippen molar-refractivity contribution >= 4 is 28.9 Å². The smallest absolute Gasteiger partial charge is 0.417 e. The fourth-order valence-electron chi connectivity index (χ4n) is 5.27. The summed E-state index contributed by atoms with van der Waals surface area (Å²) in [5.74, 6) is 0.390. The molecule has 1 aliphatic rings. The van der Waals surface area contributed by atoms with E-state index in [2.05, 4.69) is 38.2 Å². The van der Waals surface area contributed by atoms with Crippen LogP contribution in [0.4, 0.5) is 18.9 Å². The van der Waals surface area contributed by atoms with Gasteiger partial charge in [0.15, 0.2) is 5.11 Å². The van der Waals surface area contributed by atoms with Gasteiger partial charge in [-0.3, -0.25) is 9.69 Å². The van der Waals surface area contributed by atoms with Gasteiger partial charge in [0.25, 0.3) is 5.91 Å². The molecular weight excluding hydrogens is 561 g/mol. The lowest BCUT2D eigenvalue weighted by atomic mass is 10.00. The molecule has 1 atom stereocenters. The Bertz CT molecular complexity index is 1290. The van der Waals surface area contributed by atoms with Crippen molar-refractivity contribution in [2.45, 2.75) is 96.9 Å². The summed E-state index contributed by atoms with van der Waals surface area (Å²) in [6, 6.07) is 13.7. The molecule has 1 heterocycles. The van der Waals surface area contributed by atoms with E-state index in [-0.39, 0.29) is 16.8 Å². The first-order valence-corrected chi connectivity index (χ1v) is 15.1. The molecule has 1 aliphatic heterocycles. The maximum absolute atomic E-state index is 13.6. The van der Waals surface area contributed by atoms with Gasteiger partial charge < -0.3 is 15.0 Å². The van der Waals surface area contributed by atoms with E-state index < -0.39 is 28.7 Å². The number of unbranched alkanes of at least 4 members (excludes halogenated alkanes) is 1. The predicted octanol–water partition coefficient (Wildman–Crippen LogP) is 7.77. The molecule has 42 heavy (non-hydrogen) atoms. The second-order valence-corrected chi connectivity index (χ2v) is 11.5. The monoisotopic (exact) mass is 602 g/mol. The number of thiocarbonyl (C=S) groups is 1. The molecule has 0 radical (unpaired) electrons. The van der Waals surface area contributed by atoms with Gasteiger partial charge in [0, 0.05) is 18.6 Å². The van der Waals surface area contributed by atoms with Crippen LogP contribution in [0.1, 0.15) is 95.9 Å². The Morgan fingerprint density at radius 3 is 2.43 bits per heavy atom. The maximum atomic E-state index is 13.6. The van der Waals surface area contributed by atoms with E-state index in [9.17, 15) is 18.0 Å². The highest BCUT2D eigenvalue weighted by Gasteiger charge is 2.49. The zero-order chi connectivity index (χ0) is 31.1. The van der Waals surface area contributed by atoms with Crippen LogP contribution < -0.4 is 15.0 Å². The third-order valence-electron chi connectivity index (χ3n) is 7.82. The molecule has 1 saturated heterocycles. The number of benzene rings is 2. The number of anilines is 1. The van der Waals surface area contributed by atoms with Crippen LogP contribution >= 0.6 is 12.2 Å². The first kappa shape index (κ1) is 33.3. The van der Waals surface area contributed by atoms with Crippen LogP contribution in [0.15, 0.2) is 42.5 Å². The molecular formula is C32H41F3N4O2S. The topological polar surface area (TPSA) is 68.6 Å². The zero-order valence-corrected chi connectivity index (χ0v) is 25.9. The summed E-state index contributed by atoms with van der Waals surface area (Å²) in [5, 5.41) is 13.0. The average Bonchev–Trinajstić information content (AvgIpc) is 3.13. The molecule has 228 valence electrons. The lowest BCUT2D eigenvalue weighted by Crippen LogP contribution is -2.44. The number of rotatable bonds is 14. The highest BCUT2D eigenvalue weighted by Crippen LogP contribution is 2.38. The minimum Gasteiger partial charge on any atom is -0.494 e. The number of hydrogen-bond donors (Lipinski definition) is 1. The standard InChI is InChI=1S/C32H41F3N4O2S/c1-6-12-28(37-24(7-2)8-3)22-13-11-14-26(19-22)41-18-10-9-17-38-30(42)39(29(40)31(38,4)5)25-16-15-23(21-36)27(20-25)32(33,34)35/h11,13-16,19-20,24,28,37H,6-10,12,17-18H2,1-5H3/t28-/m0/s1. The molecule has 1 N–H and O–H groups in total. The van der Waals surface area contributed by atoms with Crippen LogP contribution in [-0.2, 0) is 11.0 Å². The summed E-state index contributed by atoms with van der Waals surface area (Å²) >= 11 is 5.58. The van der Waals surface area contributed by atoms with Gasteiger partial charge in [0.2, 0.25) is 0 Å². The fourth-order valence-corrected chi connectivity index (χ4v) is 5.78. The van der Waals surface area contributed by atoms with Crippen LogP contribution in [0.5, 0.6) is 5.75 Å². The van der Waals surface area contributed by atoms with Gasteiger partial charge >= 0.3 is 6.18 Å². The van der Waals surface area contributed by atoms with Gasteiger partial charge in [-0.1, -0.05) is 39.3 Å². The molecule has 0 bridgehead atoms. The van der Waals surface area contributed by atoms with Crippen LogP contribution in [0.25, 0.3) is 0 Å². The Morgan fingerprint density at radius 2 is 1.81 bits per heavy atom. The van der Waals surface area contributed by atoms with E-state index in [1.807, 2.05) is 12.1 Å². The number of nitrogens with zero attached hydrogens (tertiary/aromatic N) is 3. The van der Waals surface area contributed by atoms with Crippen molar-refractivity contribution in [1.82, 2.24) is 10.2 Å². The van der Waals surface area contributed by atoms with E-state index >= 15 is 0 Å². The van der Waals surface area contributed by atoms with Gasteiger partial charge in [0.05, 0.1) is 29.5 Å². The zero-order valence-electron chi connectivity index (χ0n) is 25.1. The number of alkyl halides is 3. The van der Waals surface area contributed by atoms with Crippen molar-refractivity contribution in [3.63, 3.8) is 0 Å². The molecule has 2 aromatic rings. The number of halogens is 3. The quantitative estimate of drug-likeness (QED) is 0.176. The molecule has 0 spiro atoms. The van der Waals surface area contributed by atoms with Gasteiger partial charge in [0.1, 0.15) is 11.3 Å². The number of hydrogen-bond acceptors (Lipinski definition) is 5. The van der Waals surface area contributed by atoms with Crippen LogP contribution in [-0.4, -0.2) is 40.7 Å². The number of amides is 1. The largest absolute Gasteiger partial charge is 0.494 e. The molecule has 3 rings (SSSR count). The number of ether oxygens (including phenoxy) is 1. The molecule has 0 unspecified atom stereocenters. The molecule has 6 nitrogen and oxygen atoms in total. The molecule has 0 saturated carbocycles. The van der Waals surface area contributed by atoms with E-state index in [0.717, 1.165) is 48.5 Å². The highest BCUT2D eigenvalue weighted by atomic mass is 32.1. The fraction of sp³-hybridized carbons (Fsp3) is 0.531. The third kappa shape index (κ3) is 7.61. The Balaban J connectivity index is 1.62. The molecule has 1 amide bonds. The van der Waals surface area contributed by atoms with Crippen molar-refractivity contribution in [2.75, 3.05) is 18.1 Å². The highest BCUT2D eigenvalue weighted by molar-refractivity contribution is 7.80. The SMILES string of the molecule is CCC[C@H](NC(CC)CC)c1cccc(OCCCCN2C(=S)N(c3ccc(C#N)c(C(F)(F)F)c3)C(=O)C2(C)C)c1. The van der Waals surface area contributed by atoms with Crippen LogP contribution in [0.2, 0.25) is 0 Å². The van der Waals surface area contributed by atoms with Crippen LogP contribution in [0.3, 0.4) is 0 Å². The van der Waals surface area contributed by atoms with Gasteiger partial charge in [-0.2, -0.15) is 18.4 Å². The maximum Gasteiger partial charge on any atom is 0.417 e. The van der Waals surface area contributed by atoms with Gasteiger partial charge in [-0.15, -0.1) is 0 Å². The summed E-state index contributed by atoms with van der Waals surface area (Å²) < 4.78 is 46.7. The van der Waals surface area contributed by atoms with Crippen molar-refractivity contribution in [3.05, 3.63) is 59.2 Å². The molecule has 0 aromatic heterocycles. The third-order valence-corrected chi connectivity index (χ3v) is 8.22. The first-order valence-electron chi connectivity index (χ1n) is 14.6. The summed E-state index contributed by atoms with van der Waals surface area (Å²) in [7, 11) is 0. The second kappa shape index (κ2) is 14.3. The second-order valence-electron chi connectivity index (χ2n) is 11.1. The Hall–Kier alpha value is -3.16. The lowest BCUT2D eigenvalue weighted by Gasteiger charge is -2.29. The van der Waals surface area contributed by atoms with E-state index in [0.29, 0.717) is 32.0 Å². The van der Waals surface area contributed by atoms with E-state index in [1.54, 1.807) is 24.8 Å². The minimum atomic E-state index is -4.74. The Labute approximate surface area is 252 Å². The lowest BCUT2D eigenvalue weighted by molar-refractivity contribution is -0.137. The number of carbonyl (C=O) groups is 1. The summed E-state index contributed by atoms with van der Waals surface area (Å²) in [4.78, 5) is 16.2. The van der Waals surface area contributed by atoms with Crippen molar-refractivity contribution in [3.8, 4) is 11.8 Å². The van der Waals surface area contributed by atoms with Crippen molar-refractivity contribution in [1.29, 1.82) is 5.26 Å². The molecule has 0 aliphatic carbocycles. The van der Waals surface area contributed by atoms with E-state index in [1.165, 1.54) is 11.6 Å². The number of nitriles is 1. The van der Waals surface area contributed by atoms with Crippen molar-refractivity contribution in [2.24, 2.45) is 0 Å². The molecule has 2 aromatic carbocycles. The van der Waals surface area contributed by atoms with E-state index in [4.69, 9.17) is 22.2 Å². The number of carbonyl (C=O) groups excluding carboxylic acids is 1. The Kier molecular flexibility index (Phi) is 11.4. The molecule has 10 heteroatoms. The predicted molar refractivity (Wildman–Crippen MR) is 163 cm³/mol. The van der Waals surface area contributed by atoms with Gasteiger partial charge in [-0.05, 0) is 94.1 Å². The van der Waals surface area contributed by atoms with Crippen LogP contribution in [0, 0.1) is 11.3 Å². The summed E-state index contributed by atoms with van der Waals surface area (Å²) in [6.45, 7) is 10.9. The number of nitrogens with one attached hydrogen (secondary N) is 1. The normalized spacial score (nSPS) is 15.8. The minimum absolute atomic E-state index is 0.00447. The summed E-state index contributed by atoms with van der Waals surface area (Å²) in [5.41, 5.74) is -1.43. The van der Waals surface area contributed by atoms with Crippen molar-refractivity contribution < 1.29 is 22.7 Å². The first-order chi connectivity index (χ1) is 19.9. The Morgan fingerprint density at radius 1 is 1.10 bits per heavy atom.